The van der Waals surface area contributed by atoms with Crippen LogP contribution in [-0.4, -0.2) is 42.4 Å². The first-order valence-electron chi connectivity index (χ1n) is 9.31. The summed E-state index contributed by atoms with van der Waals surface area (Å²) in [5.74, 6) is 0.0661. The molecule has 0 aromatic rings. The largest absolute Gasteiger partial charge is 0.351 e. The SMILES string of the molecule is CC(=O)NC1(C(=O)NC2CCC3(CC2)OCCO3)CCC(C)CC1. The van der Waals surface area contributed by atoms with Gasteiger partial charge < -0.3 is 20.1 Å². The van der Waals surface area contributed by atoms with Gasteiger partial charge in [0.05, 0.1) is 13.2 Å². The quantitative estimate of drug-likeness (QED) is 0.824. The molecule has 1 spiro atoms. The van der Waals surface area contributed by atoms with Crippen LogP contribution in [0.3, 0.4) is 0 Å². The highest BCUT2D eigenvalue weighted by atomic mass is 16.7. The van der Waals surface area contributed by atoms with E-state index in [1.165, 1.54) is 6.92 Å². The van der Waals surface area contributed by atoms with Crippen LogP contribution in [0.5, 0.6) is 0 Å². The molecule has 2 amide bonds. The summed E-state index contributed by atoms with van der Waals surface area (Å²) in [6, 6.07) is 0.140. The zero-order chi connectivity index (χ0) is 17.2. The van der Waals surface area contributed by atoms with Crippen molar-refractivity contribution in [3.05, 3.63) is 0 Å². The molecule has 0 atom stereocenters. The van der Waals surface area contributed by atoms with Gasteiger partial charge in [-0.3, -0.25) is 9.59 Å². The lowest BCUT2D eigenvalue weighted by molar-refractivity contribution is -0.180. The fourth-order valence-corrected chi connectivity index (χ4v) is 4.31. The van der Waals surface area contributed by atoms with Gasteiger partial charge in [0.2, 0.25) is 11.8 Å². The average Bonchev–Trinajstić information content (AvgIpc) is 3.00. The van der Waals surface area contributed by atoms with E-state index in [1.54, 1.807) is 0 Å². The third-order valence-corrected chi connectivity index (χ3v) is 5.87. The molecular formula is C18H30N2O4. The van der Waals surface area contributed by atoms with E-state index >= 15 is 0 Å². The third-order valence-electron chi connectivity index (χ3n) is 5.87. The van der Waals surface area contributed by atoms with Crippen molar-refractivity contribution in [1.29, 1.82) is 0 Å². The summed E-state index contributed by atoms with van der Waals surface area (Å²) in [7, 11) is 0. The molecule has 3 rings (SSSR count). The van der Waals surface area contributed by atoms with E-state index in [4.69, 9.17) is 9.47 Å². The fraction of sp³-hybridized carbons (Fsp3) is 0.889. The lowest BCUT2D eigenvalue weighted by Gasteiger charge is -2.41. The Bertz CT molecular complexity index is 469. The van der Waals surface area contributed by atoms with E-state index in [2.05, 4.69) is 17.6 Å². The summed E-state index contributed by atoms with van der Waals surface area (Å²) >= 11 is 0. The Morgan fingerprint density at radius 1 is 0.958 bits per heavy atom. The minimum Gasteiger partial charge on any atom is -0.351 e. The van der Waals surface area contributed by atoms with Crippen molar-refractivity contribution in [2.45, 2.75) is 82.6 Å². The van der Waals surface area contributed by atoms with Crippen molar-refractivity contribution in [2.24, 2.45) is 5.92 Å². The van der Waals surface area contributed by atoms with Crippen LogP contribution in [0.2, 0.25) is 0 Å². The summed E-state index contributed by atoms with van der Waals surface area (Å²) in [4.78, 5) is 24.6. The van der Waals surface area contributed by atoms with Gasteiger partial charge in [-0.2, -0.15) is 0 Å². The van der Waals surface area contributed by atoms with Crippen LogP contribution in [0.15, 0.2) is 0 Å². The lowest BCUT2D eigenvalue weighted by Crippen LogP contribution is -2.61. The third kappa shape index (κ3) is 3.75. The highest BCUT2D eigenvalue weighted by Crippen LogP contribution is 2.37. The molecule has 1 aliphatic heterocycles. The molecule has 0 aromatic carbocycles. The second-order valence-electron chi connectivity index (χ2n) is 7.80. The molecule has 2 saturated carbocycles. The van der Waals surface area contributed by atoms with E-state index in [0.717, 1.165) is 51.4 Å². The van der Waals surface area contributed by atoms with Gasteiger partial charge in [-0.1, -0.05) is 6.92 Å². The molecule has 0 radical (unpaired) electrons. The zero-order valence-electron chi connectivity index (χ0n) is 14.9. The Kier molecular flexibility index (Phi) is 5.16. The zero-order valence-corrected chi connectivity index (χ0v) is 14.9. The summed E-state index contributed by atoms with van der Waals surface area (Å²) in [5, 5.41) is 6.14. The van der Waals surface area contributed by atoms with Crippen molar-refractivity contribution >= 4 is 11.8 Å². The van der Waals surface area contributed by atoms with E-state index in [1.807, 2.05) is 0 Å². The summed E-state index contributed by atoms with van der Waals surface area (Å²) in [6.45, 7) is 5.03. The smallest absolute Gasteiger partial charge is 0.245 e. The van der Waals surface area contributed by atoms with Crippen LogP contribution < -0.4 is 10.6 Å². The van der Waals surface area contributed by atoms with E-state index in [9.17, 15) is 9.59 Å². The molecule has 6 heteroatoms. The molecule has 0 bridgehead atoms. The standard InChI is InChI=1S/C18H30N2O4/c1-13-3-7-17(8-4-13,20-14(2)21)16(22)19-15-5-9-18(10-6-15)23-11-12-24-18/h13,15H,3-12H2,1-2H3,(H,19,22)(H,20,21). The fourth-order valence-electron chi connectivity index (χ4n) is 4.31. The number of rotatable bonds is 3. The van der Waals surface area contributed by atoms with E-state index in [-0.39, 0.29) is 17.9 Å². The molecule has 2 N–H and O–H groups in total. The predicted molar refractivity (Wildman–Crippen MR) is 89.2 cm³/mol. The van der Waals surface area contributed by atoms with Crippen LogP contribution >= 0.6 is 0 Å². The first-order valence-corrected chi connectivity index (χ1v) is 9.31. The van der Waals surface area contributed by atoms with Gasteiger partial charge in [0, 0.05) is 25.8 Å². The Balaban J connectivity index is 1.58. The number of hydrogen-bond acceptors (Lipinski definition) is 4. The maximum atomic E-state index is 13.0. The van der Waals surface area contributed by atoms with Crippen LogP contribution in [0.25, 0.3) is 0 Å². The average molecular weight is 338 g/mol. The maximum absolute atomic E-state index is 13.0. The highest BCUT2D eigenvalue weighted by Gasteiger charge is 2.44. The summed E-state index contributed by atoms with van der Waals surface area (Å²) in [6.07, 6.45) is 6.76. The van der Waals surface area contributed by atoms with Crippen molar-refractivity contribution in [3.8, 4) is 0 Å². The molecular weight excluding hydrogens is 308 g/mol. The molecule has 6 nitrogen and oxygen atoms in total. The first kappa shape index (κ1) is 17.7. The van der Waals surface area contributed by atoms with Crippen molar-refractivity contribution < 1.29 is 19.1 Å². The summed E-state index contributed by atoms with van der Waals surface area (Å²) in [5.41, 5.74) is -0.728. The Hall–Kier alpha value is -1.14. The minimum atomic E-state index is -0.728. The van der Waals surface area contributed by atoms with Crippen LogP contribution in [-0.2, 0) is 19.1 Å². The number of hydrogen-bond donors (Lipinski definition) is 2. The monoisotopic (exact) mass is 338 g/mol. The van der Waals surface area contributed by atoms with Gasteiger partial charge in [-0.25, -0.2) is 0 Å². The Labute approximate surface area is 144 Å². The number of nitrogens with one attached hydrogen (secondary N) is 2. The molecule has 24 heavy (non-hydrogen) atoms. The highest BCUT2D eigenvalue weighted by molar-refractivity contribution is 5.91. The molecule has 136 valence electrons. The van der Waals surface area contributed by atoms with Crippen molar-refractivity contribution in [1.82, 2.24) is 10.6 Å². The number of ether oxygens (including phenoxy) is 2. The van der Waals surface area contributed by atoms with Gasteiger partial charge in [-0.05, 0) is 44.4 Å². The predicted octanol–water partition coefficient (Wildman–Crippen LogP) is 1.87. The van der Waals surface area contributed by atoms with E-state index < -0.39 is 11.3 Å². The number of carbonyl (C=O) groups excluding carboxylic acids is 2. The molecule has 0 aromatic heterocycles. The Morgan fingerprint density at radius 3 is 2.08 bits per heavy atom. The molecule has 1 heterocycles. The number of carbonyl (C=O) groups is 2. The lowest BCUT2D eigenvalue weighted by atomic mass is 9.76. The van der Waals surface area contributed by atoms with Crippen molar-refractivity contribution in [2.75, 3.05) is 13.2 Å². The van der Waals surface area contributed by atoms with Crippen LogP contribution in [0, 0.1) is 5.92 Å². The molecule has 1 saturated heterocycles. The van der Waals surface area contributed by atoms with Gasteiger partial charge in [0.25, 0.3) is 0 Å². The topological polar surface area (TPSA) is 76.7 Å². The van der Waals surface area contributed by atoms with Gasteiger partial charge >= 0.3 is 0 Å². The molecule has 3 fully saturated rings. The van der Waals surface area contributed by atoms with Crippen LogP contribution in [0.1, 0.15) is 65.2 Å². The maximum Gasteiger partial charge on any atom is 0.245 e. The van der Waals surface area contributed by atoms with Gasteiger partial charge in [0.15, 0.2) is 5.79 Å². The minimum absolute atomic E-state index is 0.0150. The second kappa shape index (κ2) is 7.00. The van der Waals surface area contributed by atoms with Gasteiger partial charge in [-0.15, -0.1) is 0 Å². The Morgan fingerprint density at radius 2 is 1.54 bits per heavy atom. The van der Waals surface area contributed by atoms with Crippen molar-refractivity contribution in [3.63, 3.8) is 0 Å². The first-order chi connectivity index (χ1) is 11.4. The summed E-state index contributed by atoms with van der Waals surface area (Å²) < 4.78 is 11.5. The molecule has 3 aliphatic rings. The molecule has 2 aliphatic carbocycles. The van der Waals surface area contributed by atoms with Crippen LogP contribution in [0.4, 0.5) is 0 Å². The second-order valence-corrected chi connectivity index (χ2v) is 7.80. The van der Waals surface area contributed by atoms with E-state index in [0.29, 0.717) is 19.1 Å². The van der Waals surface area contributed by atoms with Gasteiger partial charge in [0.1, 0.15) is 5.54 Å². The molecule has 0 unspecified atom stereocenters. The normalized spacial score (nSPS) is 33.3. The number of amides is 2.